The molecular formula is C27H17Cl2F3N2OS. The average Bonchev–Trinajstić information content (AvgIpc) is 2.87. The predicted molar refractivity (Wildman–Crippen MR) is 136 cm³/mol. The monoisotopic (exact) mass is 544 g/mol. The molecule has 1 aromatic heterocycles. The van der Waals surface area contributed by atoms with Crippen LogP contribution in [0.15, 0.2) is 83.9 Å². The molecule has 4 rings (SSSR count). The molecule has 0 aliphatic carbocycles. The molecule has 0 amide bonds. The van der Waals surface area contributed by atoms with Crippen LogP contribution in [0.1, 0.15) is 22.3 Å². The molecule has 182 valence electrons. The van der Waals surface area contributed by atoms with E-state index >= 15 is 0 Å². The van der Waals surface area contributed by atoms with Crippen molar-refractivity contribution >= 4 is 35.0 Å². The number of hydrogen-bond donors (Lipinski definition) is 0. The third-order valence-electron chi connectivity index (χ3n) is 5.19. The van der Waals surface area contributed by atoms with Crippen molar-refractivity contribution in [2.24, 2.45) is 0 Å². The summed E-state index contributed by atoms with van der Waals surface area (Å²) in [4.78, 5) is 4.41. The van der Waals surface area contributed by atoms with Gasteiger partial charge in [0.25, 0.3) is 0 Å². The first-order valence-corrected chi connectivity index (χ1v) is 12.3. The van der Waals surface area contributed by atoms with Crippen molar-refractivity contribution in [2.45, 2.75) is 23.6 Å². The van der Waals surface area contributed by atoms with Gasteiger partial charge in [-0.1, -0.05) is 53.5 Å². The van der Waals surface area contributed by atoms with Crippen LogP contribution in [0.5, 0.6) is 5.75 Å². The lowest BCUT2D eigenvalue weighted by Crippen LogP contribution is -2.10. The van der Waals surface area contributed by atoms with Gasteiger partial charge in [0.1, 0.15) is 23.5 Å². The van der Waals surface area contributed by atoms with Crippen LogP contribution in [0.4, 0.5) is 13.2 Å². The molecule has 4 aromatic rings. The van der Waals surface area contributed by atoms with Gasteiger partial charge in [-0.15, -0.1) is 11.8 Å². The van der Waals surface area contributed by atoms with E-state index in [-0.39, 0.29) is 16.5 Å². The maximum absolute atomic E-state index is 13.9. The number of benzene rings is 3. The lowest BCUT2D eigenvalue weighted by molar-refractivity contribution is -0.138. The fourth-order valence-electron chi connectivity index (χ4n) is 3.34. The number of nitrogens with zero attached hydrogens (tertiary/aromatic N) is 2. The van der Waals surface area contributed by atoms with Crippen molar-refractivity contribution in [3.63, 3.8) is 0 Å². The molecule has 0 aliphatic rings. The molecule has 0 saturated heterocycles. The average molecular weight is 545 g/mol. The van der Waals surface area contributed by atoms with Crippen molar-refractivity contribution in [2.75, 3.05) is 0 Å². The van der Waals surface area contributed by atoms with Crippen LogP contribution in [-0.2, 0) is 18.5 Å². The summed E-state index contributed by atoms with van der Waals surface area (Å²) in [5.41, 5.74) is 0.685. The fourth-order valence-corrected chi connectivity index (χ4v) is 4.75. The minimum absolute atomic E-state index is 0.00897. The van der Waals surface area contributed by atoms with E-state index < -0.39 is 17.3 Å². The van der Waals surface area contributed by atoms with Crippen LogP contribution >= 0.6 is 35.0 Å². The van der Waals surface area contributed by atoms with Crippen molar-refractivity contribution in [3.05, 3.63) is 111 Å². The number of nitriles is 1. The summed E-state index contributed by atoms with van der Waals surface area (Å²) >= 11 is 13.1. The third kappa shape index (κ3) is 6.33. The normalized spacial score (nSPS) is 11.2. The maximum Gasteiger partial charge on any atom is 0.417 e. The Morgan fingerprint density at radius 2 is 1.64 bits per heavy atom. The summed E-state index contributed by atoms with van der Waals surface area (Å²) in [5.74, 6) is 0.811. The van der Waals surface area contributed by atoms with Gasteiger partial charge in [0.2, 0.25) is 0 Å². The molecule has 0 spiro atoms. The molecule has 0 fully saturated rings. The molecule has 3 aromatic carbocycles. The van der Waals surface area contributed by atoms with E-state index in [0.29, 0.717) is 28.0 Å². The van der Waals surface area contributed by atoms with Gasteiger partial charge in [-0.25, -0.2) is 4.98 Å². The van der Waals surface area contributed by atoms with Crippen molar-refractivity contribution in [1.29, 1.82) is 5.26 Å². The van der Waals surface area contributed by atoms with Gasteiger partial charge >= 0.3 is 6.18 Å². The Balaban J connectivity index is 1.61. The number of pyridine rings is 1. The Kier molecular flexibility index (Phi) is 8.10. The van der Waals surface area contributed by atoms with E-state index in [9.17, 15) is 18.4 Å². The van der Waals surface area contributed by atoms with Gasteiger partial charge in [0.15, 0.2) is 0 Å². The Hall–Kier alpha value is -3.18. The van der Waals surface area contributed by atoms with E-state index in [0.717, 1.165) is 29.0 Å². The van der Waals surface area contributed by atoms with E-state index in [1.54, 1.807) is 66.7 Å². The largest absolute Gasteiger partial charge is 0.489 e. The summed E-state index contributed by atoms with van der Waals surface area (Å²) in [6.07, 6.45) is -4.72. The standard InChI is InChI=1S/C27H17Cl2F3N2OS/c28-20-9-5-17(6-10-20)15-35-21-11-7-18(8-12-21)25-13-23(27(30,31)32)22(14-33)26(34-25)36-16-19-3-1-2-4-24(19)29/h1-13H,15-16H2. The molecule has 36 heavy (non-hydrogen) atoms. The molecule has 0 unspecified atom stereocenters. The number of ether oxygens (including phenoxy) is 1. The minimum atomic E-state index is -4.72. The highest BCUT2D eigenvalue weighted by molar-refractivity contribution is 7.98. The van der Waals surface area contributed by atoms with Gasteiger partial charge in [0.05, 0.1) is 16.8 Å². The SMILES string of the molecule is N#Cc1c(C(F)(F)F)cc(-c2ccc(OCc3ccc(Cl)cc3)cc2)nc1SCc1ccccc1Cl. The zero-order chi connectivity index (χ0) is 25.7. The third-order valence-corrected chi connectivity index (χ3v) is 6.84. The van der Waals surface area contributed by atoms with Crippen LogP contribution in [0.25, 0.3) is 11.3 Å². The second-order valence-corrected chi connectivity index (χ2v) is 9.47. The topological polar surface area (TPSA) is 45.9 Å². The van der Waals surface area contributed by atoms with Crippen LogP contribution in [0.3, 0.4) is 0 Å². The number of aromatic nitrogens is 1. The van der Waals surface area contributed by atoms with Crippen molar-refractivity contribution < 1.29 is 17.9 Å². The summed E-state index contributed by atoms with van der Waals surface area (Å²) in [7, 11) is 0. The molecule has 1 heterocycles. The quantitative estimate of drug-likeness (QED) is 0.218. The maximum atomic E-state index is 13.9. The summed E-state index contributed by atoms with van der Waals surface area (Å²) < 4.78 is 47.3. The van der Waals surface area contributed by atoms with Crippen LogP contribution in [-0.4, -0.2) is 4.98 Å². The minimum Gasteiger partial charge on any atom is -0.489 e. The first kappa shape index (κ1) is 25.9. The van der Waals surface area contributed by atoms with E-state index in [2.05, 4.69) is 4.98 Å². The van der Waals surface area contributed by atoms with Gasteiger partial charge in [-0.2, -0.15) is 18.4 Å². The van der Waals surface area contributed by atoms with Crippen molar-refractivity contribution in [3.8, 4) is 23.1 Å². The summed E-state index contributed by atoms with van der Waals surface area (Å²) in [5, 5.41) is 10.6. The first-order valence-electron chi connectivity index (χ1n) is 10.6. The fraction of sp³-hybridized carbons (Fsp3) is 0.111. The summed E-state index contributed by atoms with van der Waals surface area (Å²) in [6, 6.07) is 23.4. The number of alkyl halides is 3. The highest BCUT2D eigenvalue weighted by Crippen LogP contribution is 2.39. The molecule has 0 atom stereocenters. The molecule has 0 aliphatic heterocycles. The number of hydrogen-bond acceptors (Lipinski definition) is 4. The Labute approximate surface area is 220 Å². The van der Waals surface area contributed by atoms with E-state index in [1.807, 2.05) is 12.1 Å². The zero-order valence-electron chi connectivity index (χ0n) is 18.5. The lowest BCUT2D eigenvalue weighted by Gasteiger charge is -2.15. The van der Waals surface area contributed by atoms with E-state index in [4.69, 9.17) is 27.9 Å². The lowest BCUT2D eigenvalue weighted by atomic mass is 10.1. The predicted octanol–water partition coefficient (Wildman–Crippen LogP) is 8.82. The highest BCUT2D eigenvalue weighted by Gasteiger charge is 2.36. The molecule has 0 radical (unpaired) electrons. The van der Waals surface area contributed by atoms with Crippen LogP contribution < -0.4 is 4.74 Å². The molecular weight excluding hydrogens is 528 g/mol. The summed E-state index contributed by atoms with van der Waals surface area (Å²) in [6.45, 7) is 0.312. The molecule has 0 saturated carbocycles. The second kappa shape index (κ2) is 11.3. The number of rotatable bonds is 7. The Morgan fingerprint density at radius 1 is 0.944 bits per heavy atom. The molecule has 0 bridgehead atoms. The van der Waals surface area contributed by atoms with Gasteiger partial charge < -0.3 is 4.74 Å². The van der Waals surface area contributed by atoms with Gasteiger partial charge in [-0.05, 0) is 59.7 Å². The van der Waals surface area contributed by atoms with Gasteiger partial charge in [0, 0.05) is 21.4 Å². The van der Waals surface area contributed by atoms with Crippen LogP contribution in [0, 0.1) is 11.3 Å². The Morgan fingerprint density at radius 3 is 2.28 bits per heavy atom. The Bertz CT molecular complexity index is 1400. The van der Waals surface area contributed by atoms with Crippen LogP contribution in [0.2, 0.25) is 10.0 Å². The first-order chi connectivity index (χ1) is 17.2. The number of thioether (sulfide) groups is 1. The van der Waals surface area contributed by atoms with Crippen molar-refractivity contribution in [1.82, 2.24) is 4.98 Å². The molecule has 0 N–H and O–H groups in total. The van der Waals surface area contributed by atoms with E-state index in [1.165, 1.54) is 0 Å². The smallest absolute Gasteiger partial charge is 0.417 e. The van der Waals surface area contributed by atoms with Gasteiger partial charge in [-0.3, -0.25) is 0 Å². The molecule has 3 nitrogen and oxygen atoms in total. The second-order valence-electron chi connectivity index (χ2n) is 7.66. The molecule has 9 heteroatoms. The number of halogens is 5. The zero-order valence-corrected chi connectivity index (χ0v) is 20.8. The highest BCUT2D eigenvalue weighted by atomic mass is 35.5.